The van der Waals surface area contributed by atoms with Gasteiger partial charge in [0.2, 0.25) is 5.91 Å². The Bertz CT molecular complexity index is 1050. The summed E-state index contributed by atoms with van der Waals surface area (Å²) in [6.45, 7) is 1.79. The van der Waals surface area contributed by atoms with E-state index in [2.05, 4.69) is 22.0 Å². The van der Waals surface area contributed by atoms with E-state index in [0.717, 1.165) is 23.9 Å². The largest absolute Gasteiger partial charge is 0.395 e. The fourth-order valence-electron chi connectivity index (χ4n) is 4.65. The van der Waals surface area contributed by atoms with Gasteiger partial charge in [0.1, 0.15) is 0 Å². The Morgan fingerprint density at radius 2 is 1.94 bits per heavy atom. The van der Waals surface area contributed by atoms with Crippen LogP contribution in [0.3, 0.4) is 0 Å². The van der Waals surface area contributed by atoms with E-state index < -0.39 is 5.92 Å². The van der Waals surface area contributed by atoms with E-state index in [4.69, 9.17) is 23.2 Å². The predicted octanol–water partition coefficient (Wildman–Crippen LogP) is 4.36. The van der Waals surface area contributed by atoms with E-state index in [1.165, 1.54) is 10.9 Å². The van der Waals surface area contributed by atoms with Crippen LogP contribution in [-0.2, 0) is 17.8 Å². The Hall–Kier alpha value is -2.05. The number of likely N-dealkylation sites (tertiary alicyclic amines) is 1. The van der Waals surface area contributed by atoms with Crippen LogP contribution in [0.1, 0.15) is 17.5 Å². The lowest BCUT2D eigenvalue weighted by Gasteiger charge is -2.41. The Kier molecular flexibility index (Phi) is 6.87. The van der Waals surface area contributed by atoms with Gasteiger partial charge in [-0.1, -0.05) is 41.4 Å². The molecule has 2 N–H and O–H groups in total. The van der Waals surface area contributed by atoms with Crippen LogP contribution in [0, 0.1) is 5.92 Å². The second kappa shape index (κ2) is 9.61. The maximum atomic E-state index is 13.1. The number of carbonyl (C=O) groups excluding carboxylic acids is 1. The molecule has 0 bridgehead atoms. The first kappa shape index (κ1) is 22.2. The van der Waals surface area contributed by atoms with Crippen LogP contribution in [-0.4, -0.2) is 58.6 Å². The summed E-state index contributed by atoms with van der Waals surface area (Å²) in [7, 11) is 1.98. The van der Waals surface area contributed by atoms with Crippen molar-refractivity contribution in [2.75, 3.05) is 26.7 Å². The minimum atomic E-state index is -0.434. The van der Waals surface area contributed by atoms with Gasteiger partial charge in [-0.2, -0.15) is 0 Å². The fraction of sp³-hybridized carbons (Fsp3) is 0.375. The number of nitrogens with zero attached hydrogens (tertiary/aromatic N) is 2. The summed E-state index contributed by atoms with van der Waals surface area (Å²) in [4.78, 5) is 20.5. The van der Waals surface area contributed by atoms with Crippen molar-refractivity contribution < 1.29 is 9.90 Å². The van der Waals surface area contributed by atoms with E-state index >= 15 is 0 Å². The van der Waals surface area contributed by atoms with E-state index in [1.54, 1.807) is 6.07 Å². The zero-order valence-corrected chi connectivity index (χ0v) is 19.0. The Labute approximate surface area is 192 Å². The Morgan fingerprint density at radius 1 is 1.19 bits per heavy atom. The number of aromatic amines is 1. The molecule has 1 aromatic heterocycles. The number of hydrogen-bond acceptors (Lipinski definition) is 3. The normalized spacial score (nSPS) is 19.5. The second-order valence-electron chi connectivity index (χ2n) is 8.27. The van der Waals surface area contributed by atoms with Crippen molar-refractivity contribution >= 4 is 40.0 Å². The summed E-state index contributed by atoms with van der Waals surface area (Å²) < 4.78 is 0. The molecule has 1 amide bonds. The first-order valence-electron chi connectivity index (χ1n) is 10.6. The van der Waals surface area contributed by atoms with Gasteiger partial charge in [-0.3, -0.25) is 9.69 Å². The number of para-hydroxylation sites is 1. The number of benzene rings is 2. The Morgan fingerprint density at radius 3 is 2.68 bits per heavy atom. The highest BCUT2D eigenvalue weighted by atomic mass is 35.5. The third kappa shape index (κ3) is 4.90. The summed E-state index contributed by atoms with van der Waals surface area (Å²) in [5, 5.41) is 12.4. The highest BCUT2D eigenvalue weighted by Gasteiger charge is 2.38. The number of carbonyl (C=O) groups is 1. The minimum absolute atomic E-state index is 0.0227. The number of aliphatic hydroxyl groups excluding tert-OH is 1. The maximum absolute atomic E-state index is 13.1. The lowest BCUT2D eigenvalue weighted by Crippen LogP contribution is -2.54. The van der Waals surface area contributed by atoms with Crippen molar-refractivity contribution in [2.45, 2.75) is 25.4 Å². The molecule has 31 heavy (non-hydrogen) atoms. The van der Waals surface area contributed by atoms with Crippen molar-refractivity contribution in [1.29, 1.82) is 0 Å². The summed E-state index contributed by atoms with van der Waals surface area (Å²) in [6, 6.07) is 13.6. The molecule has 1 aliphatic heterocycles. The topological polar surface area (TPSA) is 59.6 Å². The molecule has 2 aromatic carbocycles. The molecule has 5 nitrogen and oxygen atoms in total. The molecule has 164 valence electrons. The van der Waals surface area contributed by atoms with Crippen molar-refractivity contribution in [3.8, 4) is 0 Å². The van der Waals surface area contributed by atoms with E-state index in [1.807, 2.05) is 42.4 Å². The molecule has 0 radical (unpaired) electrons. The molecule has 1 aliphatic rings. The molecule has 0 spiro atoms. The standard InChI is InChI=1S/C24H27Cl2N3O2/c1-28(14-16-10-18(25)12-19(26)11-16)23-7-9-29(24(31)21(23)15-30)8-6-17-13-27-22-5-3-2-4-20(17)22/h2-5,10-13,21,23,27,30H,6-9,14-15H2,1H3/t21-,23-/m0/s1. The molecule has 0 aliphatic carbocycles. The molecule has 0 saturated carbocycles. The molecular formula is C24H27Cl2N3O2. The number of aromatic nitrogens is 1. The number of aliphatic hydroxyl groups is 1. The molecule has 1 fully saturated rings. The number of rotatable bonds is 7. The SMILES string of the molecule is CN(Cc1cc(Cl)cc(Cl)c1)[C@H]1CCN(CCc2c[nH]c3ccccc23)C(=O)[C@H]1CO. The highest BCUT2D eigenvalue weighted by molar-refractivity contribution is 6.34. The summed E-state index contributed by atoms with van der Waals surface area (Å²) >= 11 is 12.3. The van der Waals surface area contributed by atoms with E-state index in [-0.39, 0.29) is 18.6 Å². The number of nitrogens with one attached hydrogen (secondary N) is 1. The molecule has 0 unspecified atom stereocenters. The van der Waals surface area contributed by atoms with Gasteiger partial charge in [-0.25, -0.2) is 0 Å². The lowest BCUT2D eigenvalue weighted by atomic mass is 9.90. The average molecular weight is 460 g/mol. The molecule has 7 heteroatoms. The lowest BCUT2D eigenvalue weighted by molar-refractivity contribution is -0.144. The van der Waals surface area contributed by atoms with Gasteiger partial charge in [0, 0.05) is 52.8 Å². The third-order valence-electron chi connectivity index (χ3n) is 6.23. The van der Waals surface area contributed by atoms with Crippen molar-refractivity contribution in [2.24, 2.45) is 5.92 Å². The average Bonchev–Trinajstić information content (AvgIpc) is 3.15. The number of halogens is 2. The monoisotopic (exact) mass is 459 g/mol. The van der Waals surface area contributed by atoms with Crippen LogP contribution in [0.2, 0.25) is 10.0 Å². The van der Waals surface area contributed by atoms with Crippen LogP contribution in [0.25, 0.3) is 10.9 Å². The van der Waals surface area contributed by atoms with Crippen LogP contribution in [0.15, 0.2) is 48.7 Å². The van der Waals surface area contributed by atoms with Gasteiger partial charge in [-0.15, -0.1) is 0 Å². The van der Waals surface area contributed by atoms with Crippen LogP contribution < -0.4 is 0 Å². The molecular weight excluding hydrogens is 433 g/mol. The molecule has 1 saturated heterocycles. The molecule has 4 rings (SSSR count). The van der Waals surface area contributed by atoms with Gasteiger partial charge in [0.05, 0.1) is 12.5 Å². The second-order valence-corrected chi connectivity index (χ2v) is 9.15. The third-order valence-corrected chi connectivity index (χ3v) is 6.67. The maximum Gasteiger partial charge on any atom is 0.229 e. The van der Waals surface area contributed by atoms with E-state index in [0.29, 0.717) is 29.7 Å². The van der Waals surface area contributed by atoms with Crippen molar-refractivity contribution in [3.05, 3.63) is 69.8 Å². The number of fused-ring (bicyclic) bond motifs is 1. The number of amides is 1. The van der Waals surface area contributed by atoms with Crippen molar-refractivity contribution in [1.82, 2.24) is 14.8 Å². The summed E-state index contributed by atoms with van der Waals surface area (Å²) in [6.07, 6.45) is 3.63. The van der Waals surface area contributed by atoms with Gasteiger partial charge < -0.3 is 15.0 Å². The van der Waals surface area contributed by atoms with Crippen LogP contribution in [0.4, 0.5) is 0 Å². The fourth-order valence-corrected chi connectivity index (χ4v) is 5.22. The summed E-state index contributed by atoms with van der Waals surface area (Å²) in [5.74, 6) is -0.411. The zero-order chi connectivity index (χ0) is 22.0. The van der Waals surface area contributed by atoms with Gasteiger partial charge >= 0.3 is 0 Å². The Balaban J connectivity index is 1.40. The van der Waals surface area contributed by atoms with Gasteiger partial charge in [0.15, 0.2) is 0 Å². The van der Waals surface area contributed by atoms with Gasteiger partial charge in [-0.05, 0) is 55.3 Å². The van der Waals surface area contributed by atoms with Crippen LogP contribution >= 0.6 is 23.2 Å². The molecule has 2 atom stereocenters. The quantitative estimate of drug-likeness (QED) is 0.551. The minimum Gasteiger partial charge on any atom is -0.395 e. The number of piperidine rings is 1. The first-order chi connectivity index (χ1) is 15.0. The van der Waals surface area contributed by atoms with E-state index in [9.17, 15) is 9.90 Å². The number of H-pyrrole nitrogens is 1. The highest BCUT2D eigenvalue weighted by Crippen LogP contribution is 2.27. The first-order valence-corrected chi connectivity index (χ1v) is 11.3. The summed E-state index contributed by atoms with van der Waals surface area (Å²) in [5.41, 5.74) is 3.31. The van der Waals surface area contributed by atoms with Crippen LogP contribution in [0.5, 0.6) is 0 Å². The van der Waals surface area contributed by atoms with Gasteiger partial charge in [0.25, 0.3) is 0 Å². The predicted molar refractivity (Wildman–Crippen MR) is 125 cm³/mol. The molecule has 3 aromatic rings. The number of hydrogen-bond donors (Lipinski definition) is 2. The smallest absolute Gasteiger partial charge is 0.229 e. The van der Waals surface area contributed by atoms with Crippen molar-refractivity contribution in [3.63, 3.8) is 0 Å². The molecule has 2 heterocycles. The zero-order valence-electron chi connectivity index (χ0n) is 17.5.